The molecule has 0 spiro atoms. The molecule has 0 aliphatic carbocycles. The van der Waals surface area contributed by atoms with E-state index in [0.717, 1.165) is 30.1 Å². The number of carbonyl (C=O) groups is 1. The molecule has 36 heavy (non-hydrogen) atoms. The first-order valence-electron chi connectivity index (χ1n) is 11.7. The van der Waals surface area contributed by atoms with E-state index in [1.165, 1.54) is 4.90 Å². The van der Waals surface area contributed by atoms with Gasteiger partial charge in [-0.2, -0.15) is 9.47 Å². The number of amides is 1. The number of benzene rings is 1. The van der Waals surface area contributed by atoms with Crippen LogP contribution in [0.1, 0.15) is 36.5 Å². The number of aromatic amines is 1. The quantitative estimate of drug-likeness (QED) is 0.368. The molecule has 0 radical (unpaired) electrons. The fourth-order valence-electron chi connectivity index (χ4n) is 4.91. The molecule has 2 aliphatic heterocycles. The molecule has 4 aromatic rings. The first kappa shape index (κ1) is 23.0. The van der Waals surface area contributed by atoms with Crippen molar-refractivity contribution in [3.05, 3.63) is 40.1 Å². The number of rotatable bonds is 4. The van der Waals surface area contributed by atoms with Crippen LogP contribution in [0.15, 0.2) is 23.0 Å². The van der Waals surface area contributed by atoms with E-state index in [-0.39, 0.29) is 18.5 Å². The van der Waals surface area contributed by atoms with E-state index in [9.17, 15) is 14.7 Å². The van der Waals surface area contributed by atoms with E-state index in [1.54, 1.807) is 12.1 Å². The lowest BCUT2D eigenvalue weighted by atomic mass is 10.1. The summed E-state index contributed by atoms with van der Waals surface area (Å²) in [6, 6.07) is 5.47. The second kappa shape index (κ2) is 8.92. The Morgan fingerprint density at radius 1 is 1.25 bits per heavy atom. The van der Waals surface area contributed by atoms with Crippen molar-refractivity contribution in [2.24, 2.45) is 0 Å². The number of nitrogens with zero attached hydrogens (tertiary/aromatic N) is 5. The van der Waals surface area contributed by atoms with Crippen LogP contribution < -0.4 is 16.2 Å². The van der Waals surface area contributed by atoms with Gasteiger partial charge in [-0.15, -0.1) is 0 Å². The number of hydrogen-bond donors (Lipinski definition) is 3. The highest BCUT2D eigenvalue weighted by atomic mass is 32.1. The molecule has 1 aromatic carbocycles. The highest BCUT2D eigenvalue weighted by Gasteiger charge is 2.39. The zero-order chi connectivity index (χ0) is 25.0. The molecular weight excluding hydrogens is 486 g/mol. The lowest BCUT2D eigenvalue weighted by Crippen LogP contribution is -2.50. The third-order valence-electron chi connectivity index (χ3n) is 6.77. The molecular formula is C23H25N7O5S. The van der Waals surface area contributed by atoms with Crippen LogP contribution in [-0.4, -0.2) is 67.6 Å². The summed E-state index contributed by atoms with van der Waals surface area (Å²) in [5.74, 6) is 0.359. The molecule has 2 atom stereocenters. The molecule has 13 heteroatoms. The van der Waals surface area contributed by atoms with Crippen LogP contribution in [0.25, 0.3) is 21.0 Å². The normalized spacial score (nSPS) is 20.4. The van der Waals surface area contributed by atoms with Crippen molar-refractivity contribution < 1.29 is 19.4 Å². The van der Waals surface area contributed by atoms with Crippen LogP contribution in [0, 0.1) is 6.92 Å². The van der Waals surface area contributed by atoms with Crippen molar-refractivity contribution in [3.8, 4) is 0 Å². The number of anilines is 2. The maximum atomic E-state index is 13.4. The number of aliphatic hydroxyl groups excluding tert-OH is 1. The number of aryl methyl sites for hydroxylation is 1. The standard InChI is InChI=1S/C23H25N7O5S/c1-11-10-15(27-30(11)12-4-7-34-8-5-12)29-6-9-35-18(23(29)33)17(31)21-25-14-3-2-13-19(36-28-20(13)24)16(14)22(32)26-21/h2-3,10,12,17-18,31H,4-9H2,1H3,(H2,24,28)(H,25,26,32)/t17?,18-/m1/s1. The van der Waals surface area contributed by atoms with Crippen molar-refractivity contribution >= 4 is 50.1 Å². The van der Waals surface area contributed by atoms with Gasteiger partial charge in [-0.25, -0.2) is 4.98 Å². The molecule has 6 rings (SSSR count). The monoisotopic (exact) mass is 511 g/mol. The predicted octanol–water partition coefficient (Wildman–Crippen LogP) is 1.44. The van der Waals surface area contributed by atoms with E-state index in [0.29, 0.717) is 52.4 Å². The number of fused-ring (bicyclic) bond motifs is 3. The highest BCUT2D eigenvalue weighted by molar-refractivity contribution is 7.14. The summed E-state index contributed by atoms with van der Waals surface area (Å²) in [6.45, 7) is 3.83. The average molecular weight is 512 g/mol. The number of ether oxygens (including phenoxy) is 2. The number of carbonyl (C=O) groups excluding carboxylic acids is 1. The number of nitrogen functional groups attached to an aromatic ring is 1. The van der Waals surface area contributed by atoms with Crippen molar-refractivity contribution in [2.45, 2.75) is 38.0 Å². The van der Waals surface area contributed by atoms with Crippen LogP contribution in [0.4, 0.5) is 11.6 Å². The molecule has 0 bridgehead atoms. The first-order chi connectivity index (χ1) is 17.4. The number of aliphatic hydroxyl groups is 1. The Labute approximate surface area is 208 Å². The van der Waals surface area contributed by atoms with Gasteiger partial charge in [0.25, 0.3) is 11.5 Å². The van der Waals surface area contributed by atoms with Crippen molar-refractivity contribution in [1.82, 2.24) is 24.1 Å². The number of nitrogens with one attached hydrogen (secondary N) is 1. The predicted molar refractivity (Wildman–Crippen MR) is 133 cm³/mol. The Hall–Kier alpha value is -3.39. The van der Waals surface area contributed by atoms with Gasteiger partial charge in [-0.3, -0.25) is 19.2 Å². The topological polar surface area (TPSA) is 161 Å². The molecule has 5 heterocycles. The van der Waals surface area contributed by atoms with Crippen molar-refractivity contribution in [3.63, 3.8) is 0 Å². The van der Waals surface area contributed by atoms with Gasteiger partial charge >= 0.3 is 0 Å². The van der Waals surface area contributed by atoms with Gasteiger partial charge in [-0.05, 0) is 43.4 Å². The van der Waals surface area contributed by atoms with Gasteiger partial charge in [0.1, 0.15) is 17.7 Å². The molecule has 188 valence electrons. The Kier molecular flexibility index (Phi) is 5.71. The molecule has 2 fully saturated rings. The average Bonchev–Trinajstić information content (AvgIpc) is 3.46. The van der Waals surface area contributed by atoms with E-state index < -0.39 is 23.7 Å². The second-order valence-corrected chi connectivity index (χ2v) is 9.79. The molecule has 1 unspecified atom stereocenters. The number of hydrogen-bond acceptors (Lipinski definition) is 10. The smallest absolute Gasteiger partial charge is 0.260 e. The summed E-state index contributed by atoms with van der Waals surface area (Å²) in [5.41, 5.74) is 6.75. The van der Waals surface area contributed by atoms with Gasteiger partial charge in [0.05, 0.1) is 34.8 Å². The van der Waals surface area contributed by atoms with E-state index in [1.807, 2.05) is 17.7 Å². The summed E-state index contributed by atoms with van der Waals surface area (Å²) in [7, 11) is 0. The minimum atomic E-state index is -1.47. The first-order valence-corrected chi connectivity index (χ1v) is 12.5. The Balaban J connectivity index is 1.29. The van der Waals surface area contributed by atoms with E-state index in [2.05, 4.69) is 14.3 Å². The number of aromatic nitrogens is 5. The second-order valence-electron chi connectivity index (χ2n) is 9.01. The van der Waals surface area contributed by atoms with Crippen LogP contribution in [0.5, 0.6) is 0 Å². The molecule has 4 N–H and O–H groups in total. The maximum absolute atomic E-state index is 13.4. The molecule has 3 aromatic heterocycles. The third-order valence-corrected chi connectivity index (χ3v) is 7.66. The molecule has 2 aliphatic rings. The molecule has 1 amide bonds. The summed E-state index contributed by atoms with van der Waals surface area (Å²) in [5, 5.41) is 16.8. The fourth-order valence-corrected chi connectivity index (χ4v) is 5.75. The summed E-state index contributed by atoms with van der Waals surface area (Å²) in [4.78, 5) is 34.9. The third kappa shape index (κ3) is 3.75. The molecule has 2 saturated heterocycles. The van der Waals surface area contributed by atoms with Crippen molar-refractivity contribution in [2.75, 3.05) is 37.0 Å². The largest absolute Gasteiger partial charge is 0.382 e. The maximum Gasteiger partial charge on any atom is 0.260 e. The van der Waals surface area contributed by atoms with Gasteiger partial charge in [0, 0.05) is 30.4 Å². The van der Waals surface area contributed by atoms with Crippen LogP contribution in [0.3, 0.4) is 0 Å². The summed E-state index contributed by atoms with van der Waals surface area (Å²) >= 11 is 1.11. The Morgan fingerprint density at radius 3 is 2.86 bits per heavy atom. The fraction of sp³-hybridized carbons (Fsp3) is 0.435. The lowest BCUT2D eigenvalue weighted by Gasteiger charge is -2.33. The van der Waals surface area contributed by atoms with Gasteiger partial charge in [-0.1, -0.05) is 0 Å². The zero-order valence-corrected chi connectivity index (χ0v) is 20.3. The minimum Gasteiger partial charge on any atom is -0.382 e. The van der Waals surface area contributed by atoms with Gasteiger partial charge < -0.3 is 25.3 Å². The lowest BCUT2D eigenvalue weighted by molar-refractivity contribution is -0.143. The highest BCUT2D eigenvalue weighted by Crippen LogP contribution is 2.31. The summed E-state index contributed by atoms with van der Waals surface area (Å²) < 4.78 is 17.8. The van der Waals surface area contributed by atoms with Gasteiger partial charge in [0.2, 0.25) is 0 Å². The Bertz CT molecular complexity index is 1520. The molecule has 0 saturated carbocycles. The van der Waals surface area contributed by atoms with Crippen LogP contribution in [-0.2, 0) is 14.3 Å². The van der Waals surface area contributed by atoms with Crippen LogP contribution in [0.2, 0.25) is 0 Å². The number of nitrogens with two attached hydrogens (primary N) is 1. The zero-order valence-electron chi connectivity index (χ0n) is 19.5. The molecule has 12 nitrogen and oxygen atoms in total. The van der Waals surface area contributed by atoms with Crippen LogP contribution >= 0.6 is 11.5 Å². The SMILES string of the molecule is Cc1cc(N2CCO[C@H](C(O)c3nc4ccc5c(N)nsc5c4c(=O)[nH]3)C2=O)nn1C1CCOCC1. The summed E-state index contributed by atoms with van der Waals surface area (Å²) in [6.07, 6.45) is -0.988. The van der Waals surface area contributed by atoms with E-state index >= 15 is 0 Å². The van der Waals surface area contributed by atoms with Gasteiger partial charge in [0.15, 0.2) is 11.9 Å². The number of morpholine rings is 1. The number of H-pyrrole nitrogens is 1. The van der Waals surface area contributed by atoms with Crippen molar-refractivity contribution in [1.29, 1.82) is 0 Å². The Morgan fingerprint density at radius 2 is 2.06 bits per heavy atom. The minimum absolute atomic E-state index is 0.0477. The van der Waals surface area contributed by atoms with E-state index in [4.69, 9.17) is 20.3 Å².